The fourth-order valence-electron chi connectivity index (χ4n) is 0.721. The summed E-state index contributed by atoms with van der Waals surface area (Å²) in [6.07, 6.45) is 4.82. The molecule has 0 aromatic rings. The van der Waals surface area contributed by atoms with E-state index in [2.05, 4.69) is 33.8 Å². The Morgan fingerprint density at radius 3 is 2.33 bits per heavy atom. The van der Waals surface area contributed by atoms with E-state index >= 15 is 0 Å². The Morgan fingerprint density at radius 1 is 1.44 bits per heavy atom. The van der Waals surface area contributed by atoms with Gasteiger partial charge in [0.05, 0.1) is 0 Å². The summed E-state index contributed by atoms with van der Waals surface area (Å²) >= 11 is 0. The molecule has 0 amide bonds. The van der Waals surface area contributed by atoms with Gasteiger partial charge in [-0.15, -0.1) is 0 Å². The highest BCUT2D eigenvalue weighted by atomic mass is 14.0. The number of allylic oxidation sites excluding steroid dienone is 2. The van der Waals surface area contributed by atoms with Crippen molar-refractivity contribution in [1.82, 2.24) is 0 Å². The summed E-state index contributed by atoms with van der Waals surface area (Å²) in [5, 5.41) is 0. The van der Waals surface area contributed by atoms with E-state index in [0.29, 0.717) is 0 Å². The maximum Gasteiger partial charge on any atom is -0.0262 e. The van der Waals surface area contributed by atoms with Crippen molar-refractivity contribution < 1.29 is 0 Å². The highest BCUT2D eigenvalue weighted by Crippen LogP contribution is 2.08. The maximum atomic E-state index is 2.36. The molecule has 0 bridgehead atoms. The topological polar surface area (TPSA) is 0 Å². The molecule has 9 heavy (non-hydrogen) atoms. The molecule has 0 saturated heterocycles. The summed E-state index contributed by atoms with van der Waals surface area (Å²) in [6, 6.07) is 0. The van der Waals surface area contributed by atoms with Gasteiger partial charge in [0.25, 0.3) is 0 Å². The second-order valence-electron chi connectivity index (χ2n) is 2.75. The van der Waals surface area contributed by atoms with Crippen molar-refractivity contribution in [3.05, 3.63) is 11.6 Å². The molecule has 0 aliphatic carbocycles. The Hall–Kier alpha value is -0.260. The standard InChI is InChI=1S/C9H18/c1-5-8(3)7-9(4)6-2/h7-8H,5-6H2,1-4H3. The van der Waals surface area contributed by atoms with Crippen molar-refractivity contribution in [2.45, 2.75) is 40.5 Å². The Morgan fingerprint density at radius 2 is 2.00 bits per heavy atom. The minimum absolute atomic E-state index is 0.768. The first-order chi connectivity index (χ1) is 4.20. The van der Waals surface area contributed by atoms with Crippen LogP contribution >= 0.6 is 0 Å². The lowest BCUT2D eigenvalue weighted by Gasteiger charge is -2.01. The lowest BCUT2D eigenvalue weighted by atomic mass is 10.0. The molecule has 0 aromatic heterocycles. The average Bonchev–Trinajstić information content (AvgIpc) is 1.87. The smallest absolute Gasteiger partial charge is 0.0262 e. The van der Waals surface area contributed by atoms with Crippen LogP contribution in [0.15, 0.2) is 11.6 Å². The van der Waals surface area contributed by atoms with Gasteiger partial charge in [0, 0.05) is 0 Å². The first-order valence-electron chi connectivity index (χ1n) is 3.88. The Balaban J connectivity index is 3.64. The SMILES string of the molecule is CCC(C)=CC(C)CC. The molecular formula is C9H18. The van der Waals surface area contributed by atoms with Crippen LogP contribution in [-0.2, 0) is 0 Å². The van der Waals surface area contributed by atoms with Gasteiger partial charge in [-0.05, 0) is 19.3 Å². The first-order valence-corrected chi connectivity index (χ1v) is 3.88. The third-order valence-corrected chi connectivity index (χ3v) is 1.77. The normalized spacial score (nSPS) is 15.8. The van der Waals surface area contributed by atoms with Gasteiger partial charge in [-0.3, -0.25) is 0 Å². The largest absolute Gasteiger partial charge is 0.0828 e. The van der Waals surface area contributed by atoms with Crippen LogP contribution < -0.4 is 0 Å². The first kappa shape index (κ1) is 8.74. The Kier molecular flexibility index (Phi) is 4.47. The molecule has 0 rings (SSSR count). The molecule has 1 atom stereocenters. The Bertz CT molecular complexity index is 90.2. The Labute approximate surface area is 59.0 Å². The summed E-state index contributed by atoms with van der Waals surface area (Å²) < 4.78 is 0. The molecule has 0 aliphatic heterocycles. The van der Waals surface area contributed by atoms with Crippen LogP contribution in [0.25, 0.3) is 0 Å². The van der Waals surface area contributed by atoms with E-state index < -0.39 is 0 Å². The van der Waals surface area contributed by atoms with Crippen molar-refractivity contribution in [3.8, 4) is 0 Å². The summed E-state index contributed by atoms with van der Waals surface area (Å²) in [5.74, 6) is 0.768. The summed E-state index contributed by atoms with van der Waals surface area (Å²) in [4.78, 5) is 0. The third-order valence-electron chi connectivity index (χ3n) is 1.77. The van der Waals surface area contributed by atoms with Crippen LogP contribution in [0.3, 0.4) is 0 Å². The zero-order valence-corrected chi connectivity index (χ0v) is 7.07. The molecule has 0 saturated carbocycles. The van der Waals surface area contributed by atoms with Crippen molar-refractivity contribution in [1.29, 1.82) is 0 Å². The summed E-state index contributed by atoms with van der Waals surface area (Å²) in [7, 11) is 0. The van der Waals surface area contributed by atoms with Gasteiger partial charge in [-0.25, -0.2) is 0 Å². The molecule has 0 heterocycles. The minimum atomic E-state index is 0.768. The number of hydrogen-bond donors (Lipinski definition) is 0. The van der Waals surface area contributed by atoms with Crippen LogP contribution in [0, 0.1) is 5.92 Å². The molecule has 1 unspecified atom stereocenters. The van der Waals surface area contributed by atoms with Gasteiger partial charge >= 0.3 is 0 Å². The zero-order valence-electron chi connectivity index (χ0n) is 7.07. The minimum Gasteiger partial charge on any atom is -0.0828 e. The predicted molar refractivity (Wildman–Crippen MR) is 43.5 cm³/mol. The van der Waals surface area contributed by atoms with Crippen molar-refractivity contribution >= 4 is 0 Å². The number of hydrogen-bond acceptors (Lipinski definition) is 0. The van der Waals surface area contributed by atoms with Crippen molar-refractivity contribution in [3.63, 3.8) is 0 Å². The van der Waals surface area contributed by atoms with Crippen molar-refractivity contribution in [2.24, 2.45) is 5.92 Å². The lowest BCUT2D eigenvalue weighted by Crippen LogP contribution is -1.86. The van der Waals surface area contributed by atoms with Gasteiger partial charge in [-0.2, -0.15) is 0 Å². The van der Waals surface area contributed by atoms with E-state index in [4.69, 9.17) is 0 Å². The van der Waals surface area contributed by atoms with Gasteiger partial charge in [0.2, 0.25) is 0 Å². The van der Waals surface area contributed by atoms with Crippen LogP contribution in [0.1, 0.15) is 40.5 Å². The highest BCUT2D eigenvalue weighted by molar-refractivity contribution is 4.98. The quantitative estimate of drug-likeness (QED) is 0.508. The molecule has 54 valence electrons. The van der Waals surface area contributed by atoms with E-state index in [1.807, 2.05) is 0 Å². The highest BCUT2D eigenvalue weighted by Gasteiger charge is 1.91. The van der Waals surface area contributed by atoms with E-state index in [9.17, 15) is 0 Å². The number of rotatable bonds is 3. The third kappa shape index (κ3) is 4.26. The molecule has 0 heteroatoms. The molecule has 0 spiro atoms. The summed E-state index contributed by atoms with van der Waals surface area (Å²) in [5.41, 5.74) is 1.52. The molecule has 0 aromatic carbocycles. The van der Waals surface area contributed by atoms with Gasteiger partial charge in [0.1, 0.15) is 0 Å². The second-order valence-corrected chi connectivity index (χ2v) is 2.75. The van der Waals surface area contributed by atoms with Gasteiger partial charge in [-0.1, -0.05) is 38.8 Å². The van der Waals surface area contributed by atoms with Crippen molar-refractivity contribution in [2.75, 3.05) is 0 Å². The van der Waals surface area contributed by atoms with Crippen LogP contribution in [-0.4, -0.2) is 0 Å². The average molecular weight is 126 g/mol. The van der Waals surface area contributed by atoms with E-state index in [1.54, 1.807) is 0 Å². The van der Waals surface area contributed by atoms with E-state index in [-0.39, 0.29) is 0 Å². The fraction of sp³-hybridized carbons (Fsp3) is 0.778. The molecule has 0 radical (unpaired) electrons. The molecular weight excluding hydrogens is 108 g/mol. The van der Waals surface area contributed by atoms with Gasteiger partial charge < -0.3 is 0 Å². The summed E-state index contributed by atoms with van der Waals surface area (Å²) in [6.45, 7) is 8.89. The maximum absolute atomic E-state index is 2.36. The lowest BCUT2D eigenvalue weighted by molar-refractivity contribution is 0.689. The molecule has 0 fully saturated rings. The van der Waals surface area contributed by atoms with E-state index in [1.165, 1.54) is 18.4 Å². The molecule has 0 nitrogen and oxygen atoms in total. The zero-order chi connectivity index (χ0) is 7.28. The van der Waals surface area contributed by atoms with Gasteiger partial charge in [0.15, 0.2) is 0 Å². The van der Waals surface area contributed by atoms with Crippen LogP contribution in [0.2, 0.25) is 0 Å². The van der Waals surface area contributed by atoms with Crippen LogP contribution in [0.4, 0.5) is 0 Å². The predicted octanol–water partition coefficient (Wildman–Crippen LogP) is 3.39. The van der Waals surface area contributed by atoms with Crippen LogP contribution in [0.5, 0.6) is 0 Å². The monoisotopic (exact) mass is 126 g/mol. The van der Waals surface area contributed by atoms with E-state index in [0.717, 1.165) is 5.92 Å². The molecule has 0 N–H and O–H groups in total. The molecule has 0 aliphatic rings. The second kappa shape index (κ2) is 4.60. The fourth-order valence-corrected chi connectivity index (χ4v) is 0.721.